The minimum atomic E-state index is -0.0234. The van der Waals surface area contributed by atoms with Crippen LogP contribution in [0.1, 0.15) is 18.5 Å². The molecule has 1 aromatic heterocycles. The Balaban J connectivity index is 1.76. The van der Waals surface area contributed by atoms with Crippen molar-refractivity contribution >= 4 is 28.9 Å². The lowest BCUT2D eigenvalue weighted by Crippen LogP contribution is -2.12. The number of halogens is 1. The lowest BCUT2D eigenvalue weighted by Gasteiger charge is -2.05. The van der Waals surface area contributed by atoms with Crippen LogP contribution >= 0.6 is 11.6 Å². The largest absolute Gasteiger partial charge is 0.399 e. The molecule has 0 unspecified atom stereocenters. The van der Waals surface area contributed by atoms with Gasteiger partial charge in [-0.15, -0.1) is 0 Å². The number of nitrogen functional groups attached to an aromatic ring is 1. The van der Waals surface area contributed by atoms with Crippen LogP contribution in [0.3, 0.4) is 0 Å². The molecule has 20 heavy (non-hydrogen) atoms. The van der Waals surface area contributed by atoms with Gasteiger partial charge < -0.3 is 11.1 Å². The Morgan fingerprint density at radius 3 is 2.70 bits per heavy atom. The monoisotopic (exact) mass is 292 g/mol. The third-order valence-corrected chi connectivity index (χ3v) is 3.24. The normalized spacial score (nSPS) is 10.5. The number of anilines is 2. The molecule has 106 valence electrons. The van der Waals surface area contributed by atoms with Crippen molar-refractivity contribution in [3.05, 3.63) is 41.2 Å². The number of carbonyl (C=O) groups excluding carboxylic acids is 1. The Labute approximate surface area is 122 Å². The average Bonchev–Trinajstić information content (AvgIpc) is 2.71. The van der Waals surface area contributed by atoms with E-state index in [0.717, 1.165) is 11.4 Å². The second kappa shape index (κ2) is 6.43. The number of nitrogens with zero attached hydrogens (tertiary/aromatic N) is 2. The molecule has 0 spiro atoms. The van der Waals surface area contributed by atoms with Crippen LogP contribution < -0.4 is 11.1 Å². The minimum absolute atomic E-state index is 0.0234. The van der Waals surface area contributed by atoms with Crippen LogP contribution in [0.5, 0.6) is 0 Å². The quantitative estimate of drug-likeness (QED) is 0.832. The second-order valence-corrected chi connectivity index (χ2v) is 5.01. The lowest BCUT2D eigenvalue weighted by atomic mass is 10.2. The molecule has 1 amide bonds. The summed E-state index contributed by atoms with van der Waals surface area (Å²) in [5.74, 6) is -0.0234. The fraction of sp³-hybridized carbons (Fsp3) is 0.286. The Bertz CT molecular complexity index is 572. The number of hydrogen-bond donors (Lipinski definition) is 2. The van der Waals surface area contributed by atoms with E-state index in [1.165, 1.54) is 0 Å². The topological polar surface area (TPSA) is 72.9 Å². The molecule has 1 heterocycles. The van der Waals surface area contributed by atoms with E-state index >= 15 is 0 Å². The zero-order chi connectivity index (χ0) is 14.5. The Morgan fingerprint density at radius 2 is 2.10 bits per heavy atom. The molecule has 5 nitrogen and oxygen atoms in total. The van der Waals surface area contributed by atoms with Crippen molar-refractivity contribution < 1.29 is 4.79 Å². The predicted octanol–water partition coefficient (Wildman–Crippen LogP) is 2.85. The van der Waals surface area contributed by atoms with Gasteiger partial charge in [0.25, 0.3) is 0 Å². The fourth-order valence-corrected chi connectivity index (χ4v) is 1.95. The summed E-state index contributed by atoms with van der Waals surface area (Å²) in [5, 5.41) is 7.71. The molecule has 0 atom stereocenters. The van der Waals surface area contributed by atoms with Gasteiger partial charge in [0.1, 0.15) is 0 Å². The van der Waals surface area contributed by atoms with Crippen molar-refractivity contribution in [2.75, 3.05) is 11.1 Å². The fourth-order valence-electron chi connectivity index (χ4n) is 1.80. The summed E-state index contributed by atoms with van der Waals surface area (Å²) >= 11 is 5.92. The van der Waals surface area contributed by atoms with Crippen LogP contribution in [0.25, 0.3) is 0 Å². The summed E-state index contributed by atoms with van der Waals surface area (Å²) in [5.41, 5.74) is 7.81. The summed E-state index contributed by atoms with van der Waals surface area (Å²) in [6.07, 6.45) is 2.91. The van der Waals surface area contributed by atoms with Crippen LogP contribution in [0.4, 0.5) is 11.4 Å². The van der Waals surface area contributed by atoms with Gasteiger partial charge in [0.05, 0.1) is 10.7 Å². The Kier molecular flexibility index (Phi) is 4.63. The summed E-state index contributed by atoms with van der Waals surface area (Å²) in [6, 6.07) is 7.07. The maximum absolute atomic E-state index is 11.8. The molecule has 0 aliphatic rings. The van der Waals surface area contributed by atoms with Gasteiger partial charge in [-0.3, -0.25) is 9.48 Å². The van der Waals surface area contributed by atoms with E-state index in [1.54, 1.807) is 35.1 Å². The molecule has 0 bridgehead atoms. The van der Waals surface area contributed by atoms with Crippen molar-refractivity contribution in [2.24, 2.45) is 0 Å². The van der Waals surface area contributed by atoms with Gasteiger partial charge in [0, 0.05) is 30.5 Å². The highest BCUT2D eigenvalue weighted by Gasteiger charge is 2.05. The second-order valence-electron chi connectivity index (χ2n) is 4.60. The van der Waals surface area contributed by atoms with E-state index in [-0.39, 0.29) is 5.91 Å². The van der Waals surface area contributed by atoms with Gasteiger partial charge in [-0.1, -0.05) is 11.6 Å². The molecule has 2 rings (SSSR count). The predicted molar refractivity (Wildman–Crippen MR) is 80.7 cm³/mol. The summed E-state index contributed by atoms with van der Waals surface area (Å²) in [4.78, 5) is 11.8. The minimum Gasteiger partial charge on any atom is -0.399 e. The number of nitrogens with one attached hydrogen (secondary N) is 1. The number of amides is 1. The van der Waals surface area contributed by atoms with Gasteiger partial charge in [-0.25, -0.2) is 0 Å². The summed E-state index contributed by atoms with van der Waals surface area (Å²) < 4.78 is 1.76. The molecule has 3 N–H and O–H groups in total. The summed E-state index contributed by atoms with van der Waals surface area (Å²) in [7, 11) is 0. The molecule has 0 aliphatic carbocycles. The number of nitrogens with two attached hydrogens (primary N) is 1. The maximum atomic E-state index is 11.8. The van der Waals surface area contributed by atoms with Gasteiger partial charge in [-0.2, -0.15) is 5.10 Å². The van der Waals surface area contributed by atoms with Crippen molar-refractivity contribution in [3.8, 4) is 0 Å². The molecule has 0 radical (unpaired) electrons. The number of carbonyl (C=O) groups is 1. The third kappa shape index (κ3) is 3.99. The van der Waals surface area contributed by atoms with E-state index in [2.05, 4.69) is 10.4 Å². The molecular weight excluding hydrogens is 276 g/mol. The number of benzene rings is 1. The van der Waals surface area contributed by atoms with Gasteiger partial charge in [0.15, 0.2) is 0 Å². The van der Waals surface area contributed by atoms with Crippen LogP contribution in [0.2, 0.25) is 5.02 Å². The third-order valence-electron chi connectivity index (χ3n) is 2.87. The van der Waals surface area contributed by atoms with E-state index in [1.807, 2.05) is 6.92 Å². The highest BCUT2D eigenvalue weighted by molar-refractivity contribution is 6.31. The highest BCUT2D eigenvalue weighted by Crippen LogP contribution is 2.13. The van der Waals surface area contributed by atoms with Crippen molar-refractivity contribution in [1.29, 1.82) is 0 Å². The maximum Gasteiger partial charge on any atom is 0.224 e. The number of aromatic nitrogens is 2. The Morgan fingerprint density at radius 1 is 1.40 bits per heavy atom. The van der Waals surface area contributed by atoms with Crippen LogP contribution in [-0.4, -0.2) is 15.7 Å². The highest BCUT2D eigenvalue weighted by atomic mass is 35.5. The van der Waals surface area contributed by atoms with Crippen molar-refractivity contribution in [1.82, 2.24) is 9.78 Å². The number of aryl methyl sites for hydroxylation is 2. The first-order chi connectivity index (χ1) is 9.54. The zero-order valence-corrected chi connectivity index (χ0v) is 12.0. The van der Waals surface area contributed by atoms with E-state index in [4.69, 9.17) is 17.3 Å². The average molecular weight is 293 g/mol. The van der Waals surface area contributed by atoms with E-state index in [9.17, 15) is 4.79 Å². The molecule has 6 heteroatoms. The van der Waals surface area contributed by atoms with Gasteiger partial charge in [0.2, 0.25) is 5.91 Å². The lowest BCUT2D eigenvalue weighted by molar-refractivity contribution is -0.116. The molecule has 0 saturated carbocycles. The first kappa shape index (κ1) is 14.4. The molecular formula is C14H17ClN4O. The molecule has 2 aromatic rings. The Hall–Kier alpha value is -2.01. The standard InChI is InChI=1S/C14H17ClN4O/c1-10-13(15)9-19(18-10)8-2-3-14(20)17-12-6-4-11(16)5-7-12/h4-7,9H,2-3,8,16H2,1H3,(H,17,20). The zero-order valence-electron chi connectivity index (χ0n) is 11.3. The number of rotatable bonds is 5. The van der Waals surface area contributed by atoms with Crippen LogP contribution in [-0.2, 0) is 11.3 Å². The van der Waals surface area contributed by atoms with Gasteiger partial charge >= 0.3 is 0 Å². The van der Waals surface area contributed by atoms with Crippen molar-refractivity contribution in [3.63, 3.8) is 0 Å². The SMILES string of the molecule is Cc1nn(CCCC(=O)Nc2ccc(N)cc2)cc1Cl. The van der Waals surface area contributed by atoms with Crippen LogP contribution in [0, 0.1) is 6.92 Å². The smallest absolute Gasteiger partial charge is 0.224 e. The summed E-state index contributed by atoms with van der Waals surface area (Å²) in [6.45, 7) is 2.52. The molecule has 0 fully saturated rings. The number of hydrogen-bond acceptors (Lipinski definition) is 3. The van der Waals surface area contributed by atoms with Crippen LogP contribution in [0.15, 0.2) is 30.5 Å². The first-order valence-corrected chi connectivity index (χ1v) is 6.77. The molecule has 0 saturated heterocycles. The van der Waals surface area contributed by atoms with E-state index < -0.39 is 0 Å². The van der Waals surface area contributed by atoms with Gasteiger partial charge in [-0.05, 0) is 37.6 Å². The van der Waals surface area contributed by atoms with Crippen molar-refractivity contribution in [2.45, 2.75) is 26.3 Å². The first-order valence-electron chi connectivity index (χ1n) is 6.39. The molecule has 1 aromatic carbocycles. The molecule has 0 aliphatic heterocycles. The van der Waals surface area contributed by atoms with E-state index in [0.29, 0.717) is 30.1 Å².